The Bertz CT molecular complexity index is 402. The predicted molar refractivity (Wildman–Crippen MR) is 61.5 cm³/mol. The summed E-state index contributed by atoms with van der Waals surface area (Å²) in [5.74, 6) is 0. The minimum Gasteiger partial charge on any atom is -0.445 e. The van der Waals surface area contributed by atoms with Gasteiger partial charge in [0.05, 0.1) is 6.16 Å². The van der Waals surface area contributed by atoms with E-state index in [0.717, 1.165) is 5.56 Å². The lowest BCUT2D eigenvalue weighted by Crippen LogP contribution is -2.27. The third kappa shape index (κ3) is 6.73. The summed E-state index contributed by atoms with van der Waals surface area (Å²) < 4.78 is 15.3. The maximum absolute atomic E-state index is 11.1. The SMILES string of the molecule is O=C(NCCP(=O)(O)O)OCc1ccccc1. The lowest BCUT2D eigenvalue weighted by atomic mass is 10.2. The van der Waals surface area contributed by atoms with E-state index in [1.807, 2.05) is 30.3 Å². The van der Waals surface area contributed by atoms with E-state index in [-0.39, 0.29) is 13.2 Å². The molecule has 1 amide bonds. The molecule has 17 heavy (non-hydrogen) atoms. The number of hydrogen-bond donors (Lipinski definition) is 3. The summed E-state index contributed by atoms with van der Waals surface area (Å²) in [7, 11) is -4.07. The van der Waals surface area contributed by atoms with Crippen molar-refractivity contribution in [2.45, 2.75) is 6.61 Å². The highest BCUT2D eigenvalue weighted by atomic mass is 31.2. The molecule has 0 heterocycles. The maximum Gasteiger partial charge on any atom is 0.407 e. The smallest absolute Gasteiger partial charge is 0.407 e. The quantitative estimate of drug-likeness (QED) is 0.688. The molecule has 0 aromatic heterocycles. The van der Waals surface area contributed by atoms with E-state index < -0.39 is 19.9 Å². The monoisotopic (exact) mass is 259 g/mol. The summed E-state index contributed by atoms with van der Waals surface area (Å²) in [5, 5.41) is 2.26. The number of rotatable bonds is 5. The molecule has 0 fully saturated rings. The van der Waals surface area contributed by atoms with Crippen LogP contribution < -0.4 is 5.32 Å². The normalized spacial score (nSPS) is 10.9. The number of carbonyl (C=O) groups is 1. The number of carbonyl (C=O) groups excluding carboxylic acids is 1. The average molecular weight is 259 g/mol. The molecule has 0 unspecified atom stereocenters. The Kier molecular flexibility index (Phi) is 5.15. The fourth-order valence-electron chi connectivity index (χ4n) is 1.08. The number of benzene rings is 1. The zero-order chi connectivity index (χ0) is 12.7. The summed E-state index contributed by atoms with van der Waals surface area (Å²) in [6.07, 6.45) is -1.09. The molecule has 1 aromatic rings. The zero-order valence-electron chi connectivity index (χ0n) is 9.07. The van der Waals surface area contributed by atoms with Gasteiger partial charge in [-0.15, -0.1) is 0 Å². The second-order valence-electron chi connectivity index (χ2n) is 3.38. The lowest BCUT2D eigenvalue weighted by molar-refractivity contribution is 0.140. The van der Waals surface area contributed by atoms with Gasteiger partial charge in [-0.1, -0.05) is 30.3 Å². The van der Waals surface area contributed by atoms with Crippen LogP contribution in [-0.4, -0.2) is 28.6 Å². The molecule has 0 bridgehead atoms. The maximum atomic E-state index is 11.1. The molecule has 0 saturated carbocycles. The van der Waals surface area contributed by atoms with Crippen LogP contribution in [0.5, 0.6) is 0 Å². The molecule has 0 radical (unpaired) electrons. The first-order chi connectivity index (χ1) is 7.97. The third-order valence-corrected chi connectivity index (χ3v) is 2.69. The minimum absolute atomic E-state index is 0.113. The Labute approximate surface area is 98.8 Å². The summed E-state index contributed by atoms with van der Waals surface area (Å²) in [4.78, 5) is 28.2. The topological polar surface area (TPSA) is 95.9 Å². The van der Waals surface area contributed by atoms with Crippen molar-refractivity contribution in [2.24, 2.45) is 0 Å². The molecule has 0 aliphatic heterocycles. The number of hydrogen-bond acceptors (Lipinski definition) is 3. The van der Waals surface area contributed by atoms with E-state index in [9.17, 15) is 9.36 Å². The van der Waals surface area contributed by atoms with Gasteiger partial charge in [-0.25, -0.2) is 4.79 Å². The third-order valence-electron chi connectivity index (χ3n) is 1.89. The van der Waals surface area contributed by atoms with Crippen LogP contribution in [0.2, 0.25) is 0 Å². The molecule has 0 aliphatic carbocycles. The average Bonchev–Trinajstić information content (AvgIpc) is 2.26. The molecule has 7 heteroatoms. The standard InChI is InChI=1S/C10H14NO5P/c12-10(11-6-7-17(13,14)15)16-8-9-4-2-1-3-5-9/h1-5H,6-8H2,(H,11,12)(H2,13,14,15). The summed E-state index contributed by atoms with van der Waals surface area (Å²) >= 11 is 0. The second-order valence-corrected chi connectivity index (χ2v) is 5.15. The molecule has 0 aliphatic rings. The number of ether oxygens (including phenoxy) is 1. The van der Waals surface area contributed by atoms with Gasteiger partial charge in [0.25, 0.3) is 0 Å². The van der Waals surface area contributed by atoms with Crippen molar-refractivity contribution in [3.8, 4) is 0 Å². The van der Waals surface area contributed by atoms with Crippen LogP contribution in [-0.2, 0) is 15.9 Å². The van der Waals surface area contributed by atoms with Gasteiger partial charge in [-0.3, -0.25) is 4.57 Å². The van der Waals surface area contributed by atoms with Crippen molar-refractivity contribution in [2.75, 3.05) is 12.7 Å². The number of amides is 1. The van der Waals surface area contributed by atoms with E-state index in [2.05, 4.69) is 5.32 Å². The largest absolute Gasteiger partial charge is 0.445 e. The van der Waals surface area contributed by atoms with E-state index in [1.54, 1.807) is 0 Å². The fraction of sp³-hybridized carbons (Fsp3) is 0.300. The van der Waals surface area contributed by atoms with Gasteiger partial charge in [0.1, 0.15) is 6.61 Å². The first-order valence-corrected chi connectivity index (χ1v) is 6.76. The van der Waals surface area contributed by atoms with Gasteiger partial charge in [0, 0.05) is 6.54 Å². The predicted octanol–water partition coefficient (Wildman–Crippen LogP) is 1.09. The first-order valence-electron chi connectivity index (χ1n) is 4.96. The summed E-state index contributed by atoms with van der Waals surface area (Å²) in [5.41, 5.74) is 0.845. The highest BCUT2D eigenvalue weighted by Gasteiger charge is 2.12. The van der Waals surface area contributed by atoms with Crippen molar-refractivity contribution >= 4 is 13.7 Å². The Morgan fingerprint density at radius 2 is 1.94 bits per heavy atom. The fourth-order valence-corrected chi connectivity index (χ4v) is 1.48. The van der Waals surface area contributed by atoms with Crippen LogP contribution >= 0.6 is 7.60 Å². The molecule has 6 nitrogen and oxygen atoms in total. The van der Waals surface area contributed by atoms with Gasteiger partial charge < -0.3 is 19.8 Å². The lowest BCUT2D eigenvalue weighted by Gasteiger charge is -2.07. The molecule has 0 spiro atoms. The Balaban J connectivity index is 2.20. The molecular formula is C10H14NO5P. The number of alkyl carbamates (subject to hydrolysis) is 1. The van der Waals surface area contributed by atoms with Crippen molar-refractivity contribution in [1.82, 2.24) is 5.32 Å². The zero-order valence-corrected chi connectivity index (χ0v) is 9.97. The van der Waals surface area contributed by atoms with Crippen molar-refractivity contribution in [1.29, 1.82) is 0 Å². The Hall–Kier alpha value is -1.36. The molecule has 3 N–H and O–H groups in total. The highest BCUT2D eigenvalue weighted by Crippen LogP contribution is 2.32. The van der Waals surface area contributed by atoms with Crippen molar-refractivity contribution < 1.29 is 23.9 Å². The van der Waals surface area contributed by atoms with Crippen LogP contribution in [0.15, 0.2) is 30.3 Å². The summed E-state index contributed by atoms with van der Waals surface area (Å²) in [6, 6.07) is 9.12. The molecule has 1 rings (SSSR count). The molecule has 0 saturated heterocycles. The Morgan fingerprint density at radius 1 is 1.29 bits per heavy atom. The first kappa shape index (κ1) is 13.7. The van der Waals surface area contributed by atoms with Crippen LogP contribution in [0.25, 0.3) is 0 Å². The Morgan fingerprint density at radius 3 is 2.53 bits per heavy atom. The van der Waals surface area contributed by atoms with Gasteiger partial charge in [0.2, 0.25) is 0 Å². The van der Waals surface area contributed by atoms with E-state index in [4.69, 9.17) is 14.5 Å². The minimum atomic E-state index is -4.07. The van der Waals surface area contributed by atoms with Gasteiger partial charge in [-0.05, 0) is 5.56 Å². The highest BCUT2D eigenvalue weighted by molar-refractivity contribution is 7.51. The van der Waals surface area contributed by atoms with Gasteiger partial charge >= 0.3 is 13.7 Å². The van der Waals surface area contributed by atoms with Crippen LogP contribution in [0, 0.1) is 0 Å². The molecule has 94 valence electrons. The van der Waals surface area contributed by atoms with Crippen molar-refractivity contribution in [3.05, 3.63) is 35.9 Å². The summed E-state index contributed by atoms with van der Waals surface area (Å²) in [6.45, 7) is 0.0144. The molecule has 1 aromatic carbocycles. The van der Waals surface area contributed by atoms with Gasteiger partial charge in [-0.2, -0.15) is 0 Å². The van der Waals surface area contributed by atoms with E-state index in [0.29, 0.717) is 0 Å². The second kappa shape index (κ2) is 6.39. The van der Waals surface area contributed by atoms with E-state index in [1.165, 1.54) is 0 Å². The van der Waals surface area contributed by atoms with Crippen molar-refractivity contribution in [3.63, 3.8) is 0 Å². The number of nitrogens with one attached hydrogen (secondary N) is 1. The van der Waals surface area contributed by atoms with Crippen LogP contribution in [0.4, 0.5) is 4.79 Å². The van der Waals surface area contributed by atoms with Crippen LogP contribution in [0.3, 0.4) is 0 Å². The van der Waals surface area contributed by atoms with Gasteiger partial charge in [0.15, 0.2) is 0 Å². The van der Waals surface area contributed by atoms with Crippen LogP contribution in [0.1, 0.15) is 5.56 Å². The molecule has 0 atom stereocenters. The molecular weight excluding hydrogens is 245 g/mol. The van der Waals surface area contributed by atoms with E-state index >= 15 is 0 Å².